The van der Waals surface area contributed by atoms with Crippen molar-refractivity contribution in [3.8, 4) is 0 Å². The van der Waals surface area contributed by atoms with Gasteiger partial charge in [-0.2, -0.15) is 0 Å². The van der Waals surface area contributed by atoms with E-state index in [2.05, 4.69) is 4.98 Å². The molecule has 0 saturated heterocycles. The third-order valence-corrected chi connectivity index (χ3v) is 2.30. The van der Waals surface area contributed by atoms with E-state index in [4.69, 9.17) is 28.9 Å². The highest BCUT2D eigenvalue weighted by Crippen LogP contribution is 2.27. The lowest BCUT2D eigenvalue weighted by Crippen LogP contribution is -1.88. The Labute approximate surface area is 85.3 Å². The number of pyridine rings is 1. The lowest BCUT2D eigenvalue weighted by Gasteiger charge is -2.01. The molecule has 2 nitrogen and oxygen atoms in total. The number of hydrogen-bond acceptors (Lipinski definition) is 2. The molecule has 2 N–H and O–H groups in total. The Morgan fingerprint density at radius 2 is 1.92 bits per heavy atom. The number of benzene rings is 1. The maximum atomic E-state index is 5.95. The third-order valence-electron chi connectivity index (χ3n) is 1.77. The zero-order chi connectivity index (χ0) is 9.42. The molecule has 0 saturated carbocycles. The van der Waals surface area contributed by atoms with E-state index in [1.165, 1.54) is 0 Å². The van der Waals surface area contributed by atoms with Crippen molar-refractivity contribution in [1.82, 2.24) is 4.98 Å². The highest BCUT2D eigenvalue weighted by Gasteiger charge is 2.01. The van der Waals surface area contributed by atoms with Crippen LogP contribution in [0.2, 0.25) is 10.0 Å². The number of nitrogens with zero attached hydrogens (tertiary/aromatic N) is 1. The number of rotatable bonds is 0. The number of fused-ring (bicyclic) bond motifs is 1. The second kappa shape index (κ2) is 3.05. The van der Waals surface area contributed by atoms with Gasteiger partial charge in [-0.3, -0.25) is 0 Å². The standard InChI is InChI=1S/C9H6Cl2N2/c10-6-1-5-2-9(12)13-4-7(5)8(11)3-6/h1-4H,(H2,12,13). The SMILES string of the molecule is Nc1cc2cc(Cl)cc(Cl)c2cn1. The van der Waals surface area contributed by atoms with E-state index in [0.717, 1.165) is 10.8 Å². The number of nitrogen functional groups attached to an aromatic ring is 1. The van der Waals surface area contributed by atoms with Gasteiger partial charge in [0.1, 0.15) is 5.82 Å². The molecule has 0 radical (unpaired) electrons. The lowest BCUT2D eigenvalue weighted by molar-refractivity contribution is 1.37. The third kappa shape index (κ3) is 1.55. The van der Waals surface area contributed by atoms with Crippen LogP contribution in [0.15, 0.2) is 24.4 Å². The number of halogens is 2. The maximum Gasteiger partial charge on any atom is 0.123 e. The van der Waals surface area contributed by atoms with Crippen LogP contribution in [-0.4, -0.2) is 4.98 Å². The van der Waals surface area contributed by atoms with Crippen molar-refractivity contribution in [1.29, 1.82) is 0 Å². The van der Waals surface area contributed by atoms with Crippen LogP contribution >= 0.6 is 23.2 Å². The summed E-state index contributed by atoms with van der Waals surface area (Å²) in [4.78, 5) is 3.95. The van der Waals surface area contributed by atoms with E-state index in [1.54, 1.807) is 24.4 Å². The Balaban J connectivity index is 2.86. The first-order valence-corrected chi connectivity index (χ1v) is 4.43. The van der Waals surface area contributed by atoms with E-state index in [1.807, 2.05) is 0 Å². The zero-order valence-corrected chi connectivity index (χ0v) is 8.10. The van der Waals surface area contributed by atoms with Gasteiger partial charge in [0.15, 0.2) is 0 Å². The molecule has 4 heteroatoms. The molecule has 1 aromatic carbocycles. The van der Waals surface area contributed by atoms with Crippen LogP contribution in [0.25, 0.3) is 10.8 Å². The second-order valence-corrected chi connectivity index (χ2v) is 3.56. The Morgan fingerprint density at radius 3 is 2.69 bits per heavy atom. The van der Waals surface area contributed by atoms with Gasteiger partial charge >= 0.3 is 0 Å². The molecule has 0 fully saturated rings. The average molecular weight is 213 g/mol. The van der Waals surface area contributed by atoms with E-state index in [0.29, 0.717) is 15.9 Å². The molecule has 0 aliphatic rings. The molecule has 1 aromatic heterocycles. The molecule has 0 aliphatic heterocycles. The minimum Gasteiger partial charge on any atom is -0.384 e. The minimum atomic E-state index is 0.464. The topological polar surface area (TPSA) is 38.9 Å². The molecule has 1 heterocycles. The summed E-state index contributed by atoms with van der Waals surface area (Å²) in [7, 11) is 0. The fourth-order valence-corrected chi connectivity index (χ4v) is 1.75. The van der Waals surface area contributed by atoms with Crippen LogP contribution in [0.3, 0.4) is 0 Å². The summed E-state index contributed by atoms with van der Waals surface area (Å²) < 4.78 is 0. The van der Waals surface area contributed by atoms with Crippen LogP contribution in [0.5, 0.6) is 0 Å². The van der Waals surface area contributed by atoms with Gasteiger partial charge in [0.05, 0.1) is 5.02 Å². The Hall–Kier alpha value is -0.990. The summed E-state index contributed by atoms with van der Waals surface area (Å²) >= 11 is 11.8. The van der Waals surface area contributed by atoms with Crippen molar-refractivity contribution >= 4 is 39.8 Å². The fraction of sp³-hybridized carbons (Fsp3) is 0. The van der Waals surface area contributed by atoms with Crippen LogP contribution in [0.4, 0.5) is 5.82 Å². The van der Waals surface area contributed by atoms with E-state index in [9.17, 15) is 0 Å². The first kappa shape index (κ1) is 8.60. The maximum absolute atomic E-state index is 5.95. The van der Waals surface area contributed by atoms with Gasteiger partial charge in [0.25, 0.3) is 0 Å². The summed E-state index contributed by atoms with van der Waals surface area (Å²) in [5, 5.41) is 2.96. The molecule has 0 unspecified atom stereocenters. The van der Waals surface area contributed by atoms with Gasteiger partial charge in [0.2, 0.25) is 0 Å². The number of nitrogens with two attached hydrogens (primary N) is 1. The molecular weight excluding hydrogens is 207 g/mol. The summed E-state index contributed by atoms with van der Waals surface area (Å²) in [5.41, 5.74) is 5.53. The Kier molecular flexibility index (Phi) is 2.02. The molecule has 0 atom stereocenters. The molecule has 2 rings (SSSR count). The van der Waals surface area contributed by atoms with Gasteiger partial charge in [0, 0.05) is 16.6 Å². The van der Waals surface area contributed by atoms with Gasteiger partial charge < -0.3 is 5.73 Å². The monoisotopic (exact) mass is 212 g/mol. The average Bonchev–Trinajstić information content (AvgIpc) is 2.02. The van der Waals surface area contributed by atoms with E-state index in [-0.39, 0.29) is 0 Å². The molecule has 0 spiro atoms. The van der Waals surface area contributed by atoms with Crippen LogP contribution in [-0.2, 0) is 0 Å². The molecule has 0 aliphatic carbocycles. The van der Waals surface area contributed by atoms with Crippen molar-refractivity contribution < 1.29 is 0 Å². The van der Waals surface area contributed by atoms with E-state index < -0.39 is 0 Å². The lowest BCUT2D eigenvalue weighted by atomic mass is 10.2. The first-order chi connectivity index (χ1) is 6.16. The normalized spacial score (nSPS) is 10.6. The molecule has 0 amide bonds. The van der Waals surface area contributed by atoms with Gasteiger partial charge in [-0.05, 0) is 23.6 Å². The smallest absolute Gasteiger partial charge is 0.123 e. The highest BCUT2D eigenvalue weighted by molar-refractivity contribution is 6.38. The number of anilines is 1. The Bertz CT molecular complexity index is 463. The predicted molar refractivity (Wildman–Crippen MR) is 56.2 cm³/mol. The summed E-state index contributed by atoms with van der Waals surface area (Å²) in [6.07, 6.45) is 1.64. The molecule has 0 bridgehead atoms. The second-order valence-electron chi connectivity index (χ2n) is 2.72. The highest BCUT2D eigenvalue weighted by atomic mass is 35.5. The van der Waals surface area contributed by atoms with E-state index >= 15 is 0 Å². The van der Waals surface area contributed by atoms with Gasteiger partial charge in [-0.1, -0.05) is 23.2 Å². The summed E-state index contributed by atoms with van der Waals surface area (Å²) in [6, 6.07) is 5.23. The largest absolute Gasteiger partial charge is 0.384 e. The molecule has 13 heavy (non-hydrogen) atoms. The van der Waals surface area contributed by atoms with Crippen molar-refractivity contribution in [3.05, 3.63) is 34.4 Å². The summed E-state index contributed by atoms with van der Waals surface area (Å²) in [5.74, 6) is 0.464. The molecule has 2 aromatic rings. The zero-order valence-electron chi connectivity index (χ0n) is 6.59. The van der Waals surface area contributed by atoms with Crippen molar-refractivity contribution in [2.75, 3.05) is 5.73 Å². The Morgan fingerprint density at radius 1 is 1.15 bits per heavy atom. The van der Waals surface area contributed by atoms with Gasteiger partial charge in [-0.25, -0.2) is 4.98 Å². The van der Waals surface area contributed by atoms with Crippen molar-refractivity contribution in [2.24, 2.45) is 0 Å². The van der Waals surface area contributed by atoms with Crippen LogP contribution in [0.1, 0.15) is 0 Å². The fourth-order valence-electron chi connectivity index (χ4n) is 1.20. The molecular formula is C9H6Cl2N2. The predicted octanol–water partition coefficient (Wildman–Crippen LogP) is 3.12. The van der Waals surface area contributed by atoms with Crippen LogP contribution < -0.4 is 5.73 Å². The quantitative estimate of drug-likeness (QED) is 0.730. The van der Waals surface area contributed by atoms with Gasteiger partial charge in [-0.15, -0.1) is 0 Å². The number of hydrogen-bond donors (Lipinski definition) is 1. The summed E-state index contributed by atoms with van der Waals surface area (Å²) in [6.45, 7) is 0. The van der Waals surface area contributed by atoms with Crippen LogP contribution in [0, 0.1) is 0 Å². The van der Waals surface area contributed by atoms with Crippen molar-refractivity contribution in [3.63, 3.8) is 0 Å². The number of aromatic nitrogens is 1. The minimum absolute atomic E-state index is 0.464. The molecule has 66 valence electrons. The van der Waals surface area contributed by atoms with Crippen molar-refractivity contribution in [2.45, 2.75) is 0 Å². The first-order valence-electron chi connectivity index (χ1n) is 3.67.